The molecular weight excluding hydrogens is 247 g/mol. The van der Waals surface area contributed by atoms with Crippen LogP contribution in [0, 0.1) is 12.3 Å². The van der Waals surface area contributed by atoms with Gasteiger partial charge in [0.25, 0.3) is 0 Å². The van der Waals surface area contributed by atoms with Gasteiger partial charge in [-0.2, -0.15) is 0 Å². The maximum Gasteiger partial charge on any atom is 0.573 e. The predicted octanol–water partition coefficient (Wildman–Crippen LogP) is 2.19. The topological polar surface area (TPSA) is 30.5 Å². The number of alkyl halides is 3. The summed E-state index contributed by atoms with van der Waals surface area (Å²) in [6.07, 6.45) is 0.282. The summed E-state index contributed by atoms with van der Waals surface area (Å²) in [7, 11) is 0. The van der Waals surface area contributed by atoms with Crippen molar-refractivity contribution < 1.29 is 22.6 Å². The van der Waals surface area contributed by atoms with Crippen molar-refractivity contribution in [1.29, 1.82) is 0 Å². The zero-order valence-corrected chi connectivity index (χ0v) is 9.46. The fraction of sp³-hybridized carbons (Fsp3) is 0.333. The minimum atomic E-state index is -4.73. The lowest BCUT2D eigenvalue weighted by molar-refractivity contribution is -0.275. The van der Waals surface area contributed by atoms with Crippen molar-refractivity contribution in [2.45, 2.75) is 6.36 Å². The minimum Gasteiger partial charge on any atom is -0.488 e. The Labute approximate surface area is 103 Å². The summed E-state index contributed by atoms with van der Waals surface area (Å²) in [6.45, 7) is 1.01. The van der Waals surface area contributed by atoms with Crippen LogP contribution < -0.4 is 14.8 Å². The Morgan fingerprint density at radius 1 is 1.22 bits per heavy atom. The van der Waals surface area contributed by atoms with Gasteiger partial charge in [0.1, 0.15) is 6.61 Å². The molecule has 0 amide bonds. The van der Waals surface area contributed by atoms with Crippen molar-refractivity contribution in [2.75, 3.05) is 19.7 Å². The molecule has 0 bridgehead atoms. The smallest absolute Gasteiger partial charge is 0.488 e. The number of benzene rings is 1. The van der Waals surface area contributed by atoms with E-state index in [0.717, 1.165) is 0 Å². The highest BCUT2D eigenvalue weighted by Gasteiger charge is 2.32. The van der Waals surface area contributed by atoms with Gasteiger partial charge in [0.2, 0.25) is 0 Å². The van der Waals surface area contributed by atoms with Gasteiger partial charge in [-0.05, 0) is 12.1 Å². The first-order valence-corrected chi connectivity index (χ1v) is 5.14. The van der Waals surface area contributed by atoms with Gasteiger partial charge in [0.05, 0.1) is 6.54 Å². The molecule has 1 aromatic rings. The zero-order chi connectivity index (χ0) is 13.4. The molecule has 0 heterocycles. The minimum absolute atomic E-state index is 0.0392. The molecule has 1 rings (SSSR count). The fourth-order valence-corrected chi connectivity index (χ4v) is 1.17. The zero-order valence-electron chi connectivity index (χ0n) is 9.46. The van der Waals surface area contributed by atoms with Crippen LogP contribution in [0.1, 0.15) is 0 Å². The largest absolute Gasteiger partial charge is 0.573 e. The number of hydrogen-bond acceptors (Lipinski definition) is 3. The van der Waals surface area contributed by atoms with E-state index in [-0.39, 0.29) is 18.1 Å². The van der Waals surface area contributed by atoms with E-state index in [4.69, 9.17) is 11.2 Å². The Morgan fingerprint density at radius 3 is 2.50 bits per heavy atom. The second-order valence-electron chi connectivity index (χ2n) is 3.22. The van der Waals surface area contributed by atoms with Gasteiger partial charge < -0.3 is 14.8 Å². The number of hydrogen-bond donors (Lipinski definition) is 1. The molecule has 0 aliphatic heterocycles. The highest BCUT2D eigenvalue weighted by atomic mass is 19.4. The lowest BCUT2D eigenvalue weighted by atomic mass is 10.3. The third-order valence-electron chi connectivity index (χ3n) is 1.84. The molecule has 18 heavy (non-hydrogen) atoms. The Kier molecular flexibility index (Phi) is 5.33. The molecule has 1 aromatic carbocycles. The molecule has 0 saturated heterocycles. The van der Waals surface area contributed by atoms with Crippen LogP contribution in [0.25, 0.3) is 0 Å². The molecule has 6 heteroatoms. The van der Waals surface area contributed by atoms with Crippen molar-refractivity contribution in [1.82, 2.24) is 5.32 Å². The maximum absolute atomic E-state index is 12.1. The van der Waals surface area contributed by atoms with Crippen LogP contribution in [0.5, 0.6) is 11.5 Å². The Morgan fingerprint density at radius 2 is 1.89 bits per heavy atom. The third kappa shape index (κ3) is 5.46. The monoisotopic (exact) mass is 259 g/mol. The van der Waals surface area contributed by atoms with Gasteiger partial charge in [0.15, 0.2) is 11.5 Å². The van der Waals surface area contributed by atoms with Gasteiger partial charge in [0, 0.05) is 6.54 Å². The first-order chi connectivity index (χ1) is 8.53. The normalized spacial score (nSPS) is 10.8. The molecule has 0 saturated carbocycles. The van der Waals surface area contributed by atoms with E-state index < -0.39 is 6.36 Å². The number of rotatable bonds is 6. The van der Waals surface area contributed by atoms with Gasteiger partial charge in [-0.1, -0.05) is 18.1 Å². The SMILES string of the molecule is C#CCNCCOc1ccccc1OC(F)(F)F. The van der Waals surface area contributed by atoms with E-state index in [1.807, 2.05) is 0 Å². The van der Waals surface area contributed by atoms with Crippen molar-refractivity contribution in [3.8, 4) is 23.8 Å². The summed E-state index contributed by atoms with van der Waals surface area (Å²) >= 11 is 0. The molecule has 1 N–H and O–H groups in total. The molecular formula is C12H12F3NO2. The van der Waals surface area contributed by atoms with Crippen molar-refractivity contribution in [2.24, 2.45) is 0 Å². The van der Waals surface area contributed by atoms with Gasteiger partial charge >= 0.3 is 6.36 Å². The van der Waals surface area contributed by atoms with E-state index in [1.54, 1.807) is 6.07 Å². The number of terminal acetylenes is 1. The van der Waals surface area contributed by atoms with Gasteiger partial charge in [-0.15, -0.1) is 19.6 Å². The van der Waals surface area contributed by atoms with E-state index in [0.29, 0.717) is 13.1 Å². The van der Waals surface area contributed by atoms with Crippen LogP contribution in [0.4, 0.5) is 13.2 Å². The highest BCUT2D eigenvalue weighted by molar-refractivity contribution is 5.39. The van der Waals surface area contributed by atoms with Crippen LogP contribution in [-0.4, -0.2) is 26.1 Å². The second-order valence-corrected chi connectivity index (χ2v) is 3.22. The van der Waals surface area contributed by atoms with Crippen LogP contribution in [-0.2, 0) is 0 Å². The quantitative estimate of drug-likeness (QED) is 0.627. The molecule has 0 spiro atoms. The van der Waals surface area contributed by atoms with Crippen LogP contribution in [0.3, 0.4) is 0 Å². The van der Waals surface area contributed by atoms with E-state index in [1.165, 1.54) is 18.2 Å². The van der Waals surface area contributed by atoms with Crippen LogP contribution in [0.2, 0.25) is 0 Å². The standard InChI is InChI=1S/C12H12F3NO2/c1-2-7-16-8-9-17-10-5-3-4-6-11(10)18-12(13,14)15/h1,3-6,16H,7-9H2. The predicted molar refractivity (Wildman–Crippen MR) is 60.3 cm³/mol. The maximum atomic E-state index is 12.1. The third-order valence-corrected chi connectivity index (χ3v) is 1.84. The molecule has 98 valence electrons. The molecule has 0 aliphatic carbocycles. The van der Waals surface area contributed by atoms with Crippen LogP contribution in [0.15, 0.2) is 24.3 Å². The second kappa shape index (κ2) is 6.77. The Bertz CT molecular complexity index is 413. The Hall–Kier alpha value is -1.87. The Balaban J connectivity index is 2.52. The summed E-state index contributed by atoms with van der Waals surface area (Å²) in [4.78, 5) is 0. The average Bonchev–Trinajstić information content (AvgIpc) is 2.29. The number of para-hydroxylation sites is 2. The summed E-state index contributed by atoms with van der Waals surface area (Å²) in [6, 6.07) is 5.60. The highest BCUT2D eigenvalue weighted by Crippen LogP contribution is 2.31. The van der Waals surface area contributed by atoms with E-state index in [9.17, 15) is 13.2 Å². The molecule has 0 fully saturated rings. The van der Waals surface area contributed by atoms with Crippen LogP contribution >= 0.6 is 0 Å². The van der Waals surface area contributed by atoms with Crippen molar-refractivity contribution in [3.63, 3.8) is 0 Å². The molecule has 0 radical (unpaired) electrons. The number of nitrogens with one attached hydrogen (secondary N) is 1. The molecule has 0 unspecified atom stereocenters. The summed E-state index contributed by atoms with van der Waals surface area (Å²) in [5, 5.41) is 2.85. The molecule has 0 atom stereocenters. The van der Waals surface area contributed by atoms with Gasteiger partial charge in [-0.25, -0.2) is 0 Å². The van der Waals surface area contributed by atoms with Crippen molar-refractivity contribution >= 4 is 0 Å². The van der Waals surface area contributed by atoms with Crippen molar-refractivity contribution in [3.05, 3.63) is 24.3 Å². The number of ether oxygens (including phenoxy) is 2. The lowest BCUT2D eigenvalue weighted by Gasteiger charge is -2.13. The summed E-state index contributed by atoms with van der Waals surface area (Å²) in [5.74, 6) is 2.05. The molecule has 0 aromatic heterocycles. The lowest BCUT2D eigenvalue weighted by Crippen LogP contribution is -2.22. The fourth-order valence-electron chi connectivity index (χ4n) is 1.17. The van der Waals surface area contributed by atoms with Gasteiger partial charge in [-0.3, -0.25) is 0 Å². The number of halogens is 3. The van der Waals surface area contributed by atoms with E-state index >= 15 is 0 Å². The molecule has 0 aliphatic rings. The van der Waals surface area contributed by atoms with E-state index in [2.05, 4.69) is 16.0 Å². The first-order valence-electron chi connectivity index (χ1n) is 5.14. The average molecular weight is 259 g/mol. The first kappa shape index (κ1) is 14.2. The molecule has 3 nitrogen and oxygen atoms in total. The summed E-state index contributed by atoms with van der Waals surface area (Å²) < 4.78 is 45.3. The summed E-state index contributed by atoms with van der Waals surface area (Å²) in [5.41, 5.74) is 0.